The highest BCUT2D eigenvalue weighted by molar-refractivity contribution is 7.89. The van der Waals surface area contributed by atoms with Gasteiger partial charge in [0, 0.05) is 23.9 Å². The lowest BCUT2D eigenvalue weighted by atomic mass is 9.81. The average Bonchev–Trinajstić information content (AvgIpc) is 2.60. The Labute approximate surface area is 158 Å². The van der Waals surface area contributed by atoms with E-state index in [9.17, 15) is 13.2 Å². The Morgan fingerprint density at radius 2 is 1.73 bits per heavy atom. The highest BCUT2D eigenvalue weighted by Gasteiger charge is 2.30. The number of hydrogen-bond donors (Lipinski definition) is 2. The van der Waals surface area contributed by atoms with E-state index in [1.807, 2.05) is 25.1 Å². The summed E-state index contributed by atoms with van der Waals surface area (Å²) in [6.45, 7) is 1.89. The van der Waals surface area contributed by atoms with E-state index < -0.39 is 10.0 Å². The van der Waals surface area contributed by atoms with E-state index in [-0.39, 0.29) is 29.1 Å². The van der Waals surface area contributed by atoms with Gasteiger partial charge in [-0.05, 0) is 43.0 Å². The van der Waals surface area contributed by atoms with Gasteiger partial charge in [0.15, 0.2) is 0 Å². The smallest absolute Gasteiger partial charge is 0.253 e. The van der Waals surface area contributed by atoms with E-state index in [1.54, 1.807) is 30.3 Å². The molecule has 0 aromatic heterocycles. The summed E-state index contributed by atoms with van der Waals surface area (Å²) >= 11 is 6.25. The maximum atomic E-state index is 12.4. The molecular formula is C19H21ClN2O3S. The van der Waals surface area contributed by atoms with E-state index in [0.717, 1.165) is 11.1 Å². The molecule has 2 N–H and O–H groups in total. The van der Waals surface area contributed by atoms with Crippen molar-refractivity contribution in [3.63, 3.8) is 0 Å². The molecule has 0 bridgehead atoms. The van der Waals surface area contributed by atoms with E-state index in [1.165, 1.54) is 0 Å². The average molecular weight is 393 g/mol. The number of aryl methyl sites for hydroxylation is 1. The lowest BCUT2D eigenvalue weighted by molar-refractivity contribution is -0.121. The van der Waals surface area contributed by atoms with Crippen LogP contribution in [0.3, 0.4) is 0 Å². The van der Waals surface area contributed by atoms with Crippen LogP contribution in [0.25, 0.3) is 0 Å². The Hall–Kier alpha value is -1.73. The van der Waals surface area contributed by atoms with Gasteiger partial charge in [-0.15, -0.1) is 4.83 Å². The molecule has 7 heteroatoms. The summed E-state index contributed by atoms with van der Waals surface area (Å²) in [5.41, 5.74) is 4.73. The zero-order valence-corrected chi connectivity index (χ0v) is 16.0. The number of carbonyl (C=O) groups is 1. The molecule has 0 heterocycles. The first-order valence-corrected chi connectivity index (χ1v) is 10.3. The van der Waals surface area contributed by atoms with Crippen LogP contribution in [-0.2, 0) is 14.8 Å². The number of Topliss-reactive ketones (excluding diaryl/α,β-unsaturated/α-hetero) is 1. The van der Waals surface area contributed by atoms with E-state index >= 15 is 0 Å². The summed E-state index contributed by atoms with van der Waals surface area (Å²) in [5, 5.41) is 0.631. The number of ketones is 1. The fourth-order valence-electron chi connectivity index (χ4n) is 3.23. The van der Waals surface area contributed by atoms with Gasteiger partial charge in [0.1, 0.15) is 5.78 Å². The van der Waals surface area contributed by atoms with Crippen molar-refractivity contribution in [1.29, 1.82) is 0 Å². The lowest BCUT2D eigenvalue weighted by Crippen LogP contribution is -2.47. The SMILES string of the molecule is Cc1ccc(S(=O)(=O)NNC2CC(=O)CC(c3ccccc3Cl)C2)cc1. The molecule has 0 saturated heterocycles. The van der Waals surface area contributed by atoms with Crippen molar-refractivity contribution < 1.29 is 13.2 Å². The van der Waals surface area contributed by atoms with Gasteiger partial charge in [0.2, 0.25) is 0 Å². The topological polar surface area (TPSA) is 75.3 Å². The molecule has 1 saturated carbocycles. The first kappa shape index (κ1) is 19.0. The fourth-order valence-corrected chi connectivity index (χ4v) is 4.46. The van der Waals surface area contributed by atoms with E-state index in [2.05, 4.69) is 10.3 Å². The predicted molar refractivity (Wildman–Crippen MR) is 101 cm³/mol. The Bertz CT molecular complexity index is 897. The molecule has 2 aromatic rings. The normalized spacial score (nSPS) is 20.9. The van der Waals surface area contributed by atoms with Gasteiger partial charge in [0.05, 0.1) is 4.90 Å². The quantitative estimate of drug-likeness (QED) is 0.765. The van der Waals surface area contributed by atoms with Crippen LogP contribution in [0.1, 0.15) is 36.3 Å². The Morgan fingerprint density at radius 3 is 2.42 bits per heavy atom. The standard InChI is InChI=1S/C19H21ClN2O3S/c1-13-6-8-17(9-7-13)26(24,25)22-21-15-10-14(11-16(23)12-15)18-4-2-3-5-19(18)20/h2-9,14-15,21-22H,10-12H2,1H3. The van der Waals surface area contributed by atoms with E-state index in [4.69, 9.17) is 11.6 Å². The van der Waals surface area contributed by atoms with Crippen LogP contribution in [0, 0.1) is 6.92 Å². The molecule has 2 unspecified atom stereocenters. The van der Waals surface area contributed by atoms with Gasteiger partial charge >= 0.3 is 0 Å². The second-order valence-corrected chi connectivity index (χ2v) is 8.75. The van der Waals surface area contributed by atoms with Crippen LogP contribution < -0.4 is 10.3 Å². The number of halogens is 1. The maximum absolute atomic E-state index is 12.4. The van der Waals surface area contributed by atoms with Crippen LogP contribution in [-0.4, -0.2) is 20.2 Å². The summed E-state index contributed by atoms with van der Waals surface area (Å²) in [6, 6.07) is 13.8. The van der Waals surface area contributed by atoms with E-state index in [0.29, 0.717) is 17.9 Å². The Balaban J connectivity index is 1.68. The number of benzene rings is 2. The molecule has 1 aliphatic rings. The monoisotopic (exact) mass is 392 g/mol. The summed E-state index contributed by atoms with van der Waals surface area (Å²) in [6.07, 6.45) is 1.34. The van der Waals surface area contributed by atoms with Crippen LogP contribution in [0.4, 0.5) is 0 Å². The minimum Gasteiger partial charge on any atom is -0.300 e. The molecule has 0 radical (unpaired) electrons. The number of hydrogen-bond acceptors (Lipinski definition) is 4. The minimum absolute atomic E-state index is 0.0219. The number of sulfonamides is 1. The number of rotatable bonds is 5. The van der Waals surface area contributed by atoms with Crippen molar-refractivity contribution in [2.45, 2.75) is 43.0 Å². The highest BCUT2D eigenvalue weighted by Crippen LogP contribution is 2.34. The van der Waals surface area contributed by atoms with Crippen molar-refractivity contribution in [2.75, 3.05) is 0 Å². The lowest BCUT2D eigenvalue weighted by Gasteiger charge is -2.29. The van der Waals surface area contributed by atoms with Crippen molar-refractivity contribution >= 4 is 27.4 Å². The van der Waals surface area contributed by atoms with Crippen LogP contribution >= 0.6 is 11.6 Å². The summed E-state index contributed by atoms with van der Waals surface area (Å²) < 4.78 is 24.8. The number of carbonyl (C=O) groups excluding carboxylic acids is 1. The van der Waals surface area contributed by atoms with Gasteiger partial charge in [0.25, 0.3) is 10.0 Å². The van der Waals surface area contributed by atoms with Gasteiger partial charge in [-0.3, -0.25) is 4.79 Å². The zero-order chi connectivity index (χ0) is 18.7. The second kappa shape index (κ2) is 7.88. The molecule has 1 aliphatic carbocycles. The maximum Gasteiger partial charge on any atom is 0.253 e. The third-order valence-corrected chi connectivity index (χ3v) is 6.21. The van der Waals surface area contributed by atoms with Crippen molar-refractivity contribution in [1.82, 2.24) is 10.3 Å². The van der Waals surface area contributed by atoms with Gasteiger partial charge < -0.3 is 0 Å². The summed E-state index contributed by atoms with van der Waals surface area (Å²) in [4.78, 5) is 14.7. The first-order chi connectivity index (χ1) is 12.3. The summed E-state index contributed by atoms with van der Waals surface area (Å²) in [5.74, 6) is 0.0690. The van der Waals surface area contributed by atoms with Gasteiger partial charge in [-0.25, -0.2) is 13.8 Å². The molecule has 2 aromatic carbocycles. The van der Waals surface area contributed by atoms with Gasteiger partial charge in [-0.1, -0.05) is 47.5 Å². The third kappa shape index (κ3) is 4.51. The van der Waals surface area contributed by atoms with Crippen LogP contribution in [0.5, 0.6) is 0 Å². The molecule has 2 atom stereocenters. The molecule has 138 valence electrons. The number of hydrazine groups is 1. The minimum atomic E-state index is -3.68. The molecule has 3 rings (SSSR count). The van der Waals surface area contributed by atoms with Crippen LogP contribution in [0.15, 0.2) is 53.4 Å². The molecule has 5 nitrogen and oxygen atoms in total. The molecule has 0 aliphatic heterocycles. The fraction of sp³-hybridized carbons (Fsp3) is 0.316. The molecule has 0 spiro atoms. The number of nitrogens with one attached hydrogen (secondary N) is 2. The highest BCUT2D eigenvalue weighted by atomic mass is 35.5. The van der Waals surface area contributed by atoms with Crippen molar-refractivity contribution in [3.8, 4) is 0 Å². The van der Waals surface area contributed by atoms with Crippen molar-refractivity contribution in [2.24, 2.45) is 0 Å². The predicted octanol–water partition coefficient (Wildman–Crippen LogP) is 3.34. The molecular weight excluding hydrogens is 372 g/mol. The largest absolute Gasteiger partial charge is 0.300 e. The third-order valence-electron chi connectivity index (χ3n) is 4.59. The molecule has 26 heavy (non-hydrogen) atoms. The summed E-state index contributed by atoms with van der Waals surface area (Å²) in [7, 11) is -3.68. The van der Waals surface area contributed by atoms with Crippen LogP contribution in [0.2, 0.25) is 5.02 Å². The van der Waals surface area contributed by atoms with Gasteiger partial charge in [-0.2, -0.15) is 0 Å². The van der Waals surface area contributed by atoms with Crippen molar-refractivity contribution in [3.05, 3.63) is 64.7 Å². The molecule has 0 amide bonds. The first-order valence-electron chi connectivity index (χ1n) is 8.45. The second-order valence-electron chi connectivity index (χ2n) is 6.66. The Kier molecular flexibility index (Phi) is 5.77. The Morgan fingerprint density at radius 1 is 1.04 bits per heavy atom. The zero-order valence-electron chi connectivity index (χ0n) is 14.4. The molecule has 1 fully saturated rings.